The molecule has 0 bridgehead atoms. The molecule has 0 aromatic heterocycles. The molecule has 0 saturated carbocycles. The second-order valence-corrected chi connectivity index (χ2v) is 7.52. The Morgan fingerprint density at radius 3 is 2.46 bits per heavy atom. The van der Waals surface area contributed by atoms with Crippen LogP contribution in [0.3, 0.4) is 0 Å². The maximum atomic E-state index is 13.9. The average molecular weight is 427 g/mol. The monoisotopic (exact) mass is 426 g/mol. The van der Waals surface area contributed by atoms with E-state index >= 15 is 0 Å². The van der Waals surface area contributed by atoms with Crippen molar-refractivity contribution in [2.75, 3.05) is 12.8 Å². The van der Waals surface area contributed by atoms with Crippen LogP contribution >= 0.6 is 23.4 Å². The highest BCUT2D eigenvalue weighted by molar-refractivity contribution is 7.99. The number of carbonyl (C=O) groups excluding carboxylic acids is 2. The molecule has 0 radical (unpaired) electrons. The third-order valence-electron chi connectivity index (χ3n) is 4.21. The van der Waals surface area contributed by atoms with E-state index in [1.165, 1.54) is 48.0 Å². The van der Waals surface area contributed by atoms with E-state index in [2.05, 4.69) is 5.32 Å². The summed E-state index contributed by atoms with van der Waals surface area (Å²) in [6, 6.07) is 9.47. The fourth-order valence-corrected chi connectivity index (χ4v) is 3.82. The SMILES string of the molecule is CNC(=O)[C@@H](C)N(Cc1ccc(F)cc1)C(=O)CSCc1c(F)cccc1Cl. The summed E-state index contributed by atoms with van der Waals surface area (Å²) in [6.07, 6.45) is 0. The van der Waals surface area contributed by atoms with Gasteiger partial charge in [-0.1, -0.05) is 29.8 Å². The van der Waals surface area contributed by atoms with Crippen LogP contribution in [0.1, 0.15) is 18.1 Å². The maximum Gasteiger partial charge on any atom is 0.242 e. The smallest absolute Gasteiger partial charge is 0.242 e. The molecule has 150 valence electrons. The zero-order valence-corrected chi connectivity index (χ0v) is 17.1. The Kier molecular flexibility index (Phi) is 8.26. The largest absolute Gasteiger partial charge is 0.357 e. The van der Waals surface area contributed by atoms with Crippen molar-refractivity contribution in [1.82, 2.24) is 10.2 Å². The minimum absolute atomic E-state index is 0.0488. The predicted octanol–water partition coefficient (Wildman–Crippen LogP) is 4.01. The second-order valence-electron chi connectivity index (χ2n) is 6.13. The molecule has 0 aliphatic carbocycles. The first kappa shape index (κ1) is 22.2. The number of likely N-dealkylation sites (N-methyl/N-ethyl adjacent to an activating group) is 1. The minimum atomic E-state index is -0.708. The third kappa shape index (κ3) is 5.94. The molecule has 1 N–H and O–H groups in total. The van der Waals surface area contributed by atoms with Crippen molar-refractivity contribution in [3.05, 3.63) is 70.2 Å². The molecular weight excluding hydrogens is 406 g/mol. The molecule has 2 amide bonds. The van der Waals surface area contributed by atoms with Crippen LogP contribution in [0.5, 0.6) is 0 Å². The Balaban J connectivity index is 2.07. The van der Waals surface area contributed by atoms with Crippen LogP contribution < -0.4 is 5.32 Å². The molecule has 2 rings (SSSR count). The number of thioether (sulfide) groups is 1. The zero-order valence-electron chi connectivity index (χ0n) is 15.5. The summed E-state index contributed by atoms with van der Waals surface area (Å²) in [7, 11) is 1.49. The first-order chi connectivity index (χ1) is 13.3. The van der Waals surface area contributed by atoms with Gasteiger partial charge in [-0.3, -0.25) is 9.59 Å². The van der Waals surface area contributed by atoms with Crippen LogP contribution in [-0.4, -0.2) is 35.6 Å². The van der Waals surface area contributed by atoms with Gasteiger partial charge < -0.3 is 10.2 Å². The molecule has 0 heterocycles. The van der Waals surface area contributed by atoms with Gasteiger partial charge >= 0.3 is 0 Å². The summed E-state index contributed by atoms with van der Waals surface area (Å²) in [5.74, 6) is -1.11. The number of hydrogen-bond donors (Lipinski definition) is 1. The summed E-state index contributed by atoms with van der Waals surface area (Å²) in [5, 5.41) is 2.83. The molecule has 1 atom stereocenters. The van der Waals surface area contributed by atoms with Gasteiger partial charge in [0, 0.05) is 29.9 Å². The van der Waals surface area contributed by atoms with E-state index in [0.717, 1.165) is 0 Å². The van der Waals surface area contributed by atoms with E-state index in [-0.39, 0.29) is 35.7 Å². The summed E-state index contributed by atoms with van der Waals surface area (Å²) in [4.78, 5) is 26.2. The number of halogens is 3. The summed E-state index contributed by atoms with van der Waals surface area (Å²) in [6.45, 7) is 1.79. The van der Waals surface area contributed by atoms with Crippen molar-refractivity contribution in [3.8, 4) is 0 Å². The van der Waals surface area contributed by atoms with Gasteiger partial charge in [0.2, 0.25) is 11.8 Å². The molecule has 2 aromatic carbocycles. The summed E-state index contributed by atoms with van der Waals surface area (Å²) < 4.78 is 27.0. The van der Waals surface area contributed by atoms with Gasteiger partial charge in [-0.15, -0.1) is 11.8 Å². The lowest BCUT2D eigenvalue weighted by Gasteiger charge is -2.28. The lowest BCUT2D eigenvalue weighted by Crippen LogP contribution is -2.47. The number of amides is 2. The Morgan fingerprint density at radius 1 is 1.18 bits per heavy atom. The van der Waals surface area contributed by atoms with E-state index in [4.69, 9.17) is 11.6 Å². The van der Waals surface area contributed by atoms with Crippen molar-refractivity contribution >= 4 is 35.2 Å². The molecule has 4 nitrogen and oxygen atoms in total. The molecule has 28 heavy (non-hydrogen) atoms. The Labute approximate surface area is 172 Å². The van der Waals surface area contributed by atoms with E-state index in [1.54, 1.807) is 25.1 Å². The Bertz CT molecular complexity index is 813. The molecule has 0 saturated heterocycles. The van der Waals surface area contributed by atoms with Crippen LogP contribution in [0.4, 0.5) is 8.78 Å². The van der Waals surface area contributed by atoms with Crippen LogP contribution in [0.25, 0.3) is 0 Å². The third-order valence-corrected chi connectivity index (χ3v) is 5.51. The van der Waals surface area contributed by atoms with Crippen LogP contribution in [0.2, 0.25) is 5.02 Å². The molecule has 0 spiro atoms. The van der Waals surface area contributed by atoms with Crippen molar-refractivity contribution in [2.24, 2.45) is 0 Å². The molecule has 0 aliphatic rings. The molecule has 0 fully saturated rings. The van der Waals surface area contributed by atoms with Crippen molar-refractivity contribution < 1.29 is 18.4 Å². The quantitative estimate of drug-likeness (QED) is 0.693. The van der Waals surface area contributed by atoms with Gasteiger partial charge in [0.1, 0.15) is 17.7 Å². The van der Waals surface area contributed by atoms with Gasteiger partial charge in [-0.05, 0) is 36.8 Å². The normalized spacial score (nSPS) is 11.8. The number of rotatable bonds is 8. The highest BCUT2D eigenvalue weighted by atomic mass is 35.5. The number of carbonyl (C=O) groups is 2. The van der Waals surface area contributed by atoms with E-state index in [0.29, 0.717) is 16.1 Å². The fraction of sp³-hybridized carbons (Fsp3) is 0.300. The highest BCUT2D eigenvalue weighted by Crippen LogP contribution is 2.24. The van der Waals surface area contributed by atoms with Gasteiger partial charge in [0.05, 0.1) is 5.75 Å². The van der Waals surface area contributed by atoms with Crippen molar-refractivity contribution in [1.29, 1.82) is 0 Å². The molecule has 8 heteroatoms. The van der Waals surface area contributed by atoms with Crippen molar-refractivity contribution in [2.45, 2.75) is 25.3 Å². The van der Waals surface area contributed by atoms with E-state index in [9.17, 15) is 18.4 Å². The molecule has 2 aromatic rings. The number of nitrogens with zero attached hydrogens (tertiary/aromatic N) is 1. The van der Waals surface area contributed by atoms with Gasteiger partial charge in [-0.25, -0.2) is 8.78 Å². The first-order valence-electron chi connectivity index (χ1n) is 8.59. The number of nitrogens with one attached hydrogen (secondary N) is 1. The number of hydrogen-bond acceptors (Lipinski definition) is 3. The van der Waals surface area contributed by atoms with E-state index < -0.39 is 11.9 Å². The van der Waals surface area contributed by atoms with Crippen molar-refractivity contribution in [3.63, 3.8) is 0 Å². The lowest BCUT2D eigenvalue weighted by molar-refractivity contribution is -0.138. The standard InChI is InChI=1S/C20H21ClF2N2O2S/c1-13(20(27)24-2)25(10-14-6-8-15(22)9-7-14)19(26)12-28-11-16-17(21)4-3-5-18(16)23/h3-9,13H,10-12H2,1-2H3,(H,24,27)/t13-/m1/s1. The van der Waals surface area contributed by atoms with Crippen LogP contribution in [-0.2, 0) is 21.9 Å². The minimum Gasteiger partial charge on any atom is -0.357 e. The highest BCUT2D eigenvalue weighted by Gasteiger charge is 2.25. The maximum absolute atomic E-state index is 13.9. The average Bonchev–Trinajstić information content (AvgIpc) is 2.68. The number of benzene rings is 2. The summed E-state index contributed by atoms with van der Waals surface area (Å²) >= 11 is 7.22. The van der Waals surface area contributed by atoms with Gasteiger partial charge in [-0.2, -0.15) is 0 Å². The Morgan fingerprint density at radius 2 is 1.86 bits per heavy atom. The molecular formula is C20H21ClF2N2O2S. The fourth-order valence-electron chi connectivity index (χ4n) is 2.57. The lowest BCUT2D eigenvalue weighted by atomic mass is 10.1. The van der Waals surface area contributed by atoms with E-state index in [1.807, 2.05) is 0 Å². The second kappa shape index (κ2) is 10.4. The zero-order chi connectivity index (χ0) is 20.7. The van der Waals surface area contributed by atoms with Gasteiger partial charge in [0.15, 0.2) is 0 Å². The molecule has 0 aliphatic heterocycles. The summed E-state index contributed by atoms with van der Waals surface area (Å²) in [5.41, 5.74) is 1.04. The van der Waals surface area contributed by atoms with Crippen LogP contribution in [0.15, 0.2) is 42.5 Å². The first-order valence-corrected chi connectivity index (χ1v) is 10.1. The van der Waals surface area contributed by atoms with Crippen LogP contribution in [0, 0.1) is 11.6 Å². The Hall–Kier alpha value is -2.12. The van der Waals surface area contributed by atoms with Gasteiger partial charge in [0.25, 0.3) is 0 Å². The predicted molar refractivity (Wildman–Crippen MR) is 108 cm³/mol. The molecule has 0 unspecified atom stereocenters. The topological polar surface area (TPSA) is 49.4 Å².